The maximum atomic E-state index is 14.1. The molecule has 1 aromatic heterocycles. The van der Waals surface area contributed by atoms with Gasteiger partial charge in [0.15, 0.2) is 0 Å². The molecule has 2 aromatic rings. The molecule has 3 rings (SSSR count). The predicted octanol–water partition coefficient (Wildman–Crippen LogP) is 2.21. The molecule has 0 aliphatic carbocycles. The van der Waals surface area contributed by atoms with Crippen LogP contribution in [0, 0.1) is 5.82 Å². The Kier molecular flexibility index (Phi) is 6.50. The van der Waals surface area contributed by atoms with E-state index in [0.29, 0.717) is 37.1 Å². The van der Waals surface area contributed by atoms with Crippen molar-refractivity contribution in [3.05, 3.63) is 41.7 Å². The van der Waals surface area contributed by atoms with Crippen molar-refractivity contribution < 1.29 is 9.18 Å². The van der Waals surface area contributed by atoms with Gasteiger partial charge in [0.2, 0.25) is 5.82 Å². The quantitative estimate of drug-likeness (QED) is 0.900. The van der Waals surface area contributed by atoms with Crippen LogP contribution in [0.3, 0.4) is 0 Å². The summed E-state index contributed by atoms with van der Waals surface area (Å²) in [7, 11) is 1.90. The van der Waals surface area contributed by atoms with Crippen LogP contribution in [0.4, 0.5) is 4.39 Å². The van der Waals surface area contributed by atoms with Crippen LogP contribution in [0.15, 0.2) is 24.3 Å². The summed E-state index contributed by atoms with van der Waals surface area (Å²) in [4.78, 5) is 18.8. The number of likely N-dealkylation sites (N-methyl/N-ethyl adjacent to an activating group) is 1. The minimum Gasteiger partial charge on any atom is -0.334 e. The number of amides is 1. The smallest absolute Gasteiger partial charge is 0.293 e. The molecule has 1 aromatic carbocycles. The van der Waals surface area contributed by atoms with E-state index in [1.165, 1.54) is 10.7 Å². The number of hydrogen-bond donors (Lipinski definition) is 1. The van der Waals surface area contributed by atoms with E-state index in [2.05, 4.69) is 15.4 Å². The summed E-state index contributed by atoms with van der Waals surface area (Å²) in [6.45, 7) is 3.26. The lowest BCUT2D eigenvalue weighted by Crippen LogP contribution is -2.47. The second kappa shape index (κ2) is 8.40. The Balaban J connectivity index is 0.00000225. The van der Waals surface area contributed by atoms with Gasteiger partial charge in [-0.3, -0.25) is 4.79 Å². The van der Waals surface area contributed by atoms with Gasteiger partial charge in [0.1, 0.15) is 17.3 Å². The van der Waals surface area contributed by atoms with Crippen molar-refractivity contribution in [2.24, 2.45) is 0 Å². The summed E-state index contributed by atoms with van der Waals surface area (Å²) < 4.78 is 15.5. The summed E-state index contributed by atoms with van der Waals surface area (Å²) in [5.41, 5.74) is 0.313. The van der Waals surface area contributed by atoms with Gasteiger partial charge in [0.05, 0.1) is 0 Å². The number of nitrogens with one attached hydrogen (secondary N) is 1. The molecule has 1 atom stereocenters. The van der Waals surface area contributed by atoms with E-state index in [1.54, 1.807) is 23.1 Å². The Morgan fingerprint density at radius 3 is 2.84 bits per heavy atom. The number of hydrogen-bond acceptors (Lipinski definition) is 4. The van der Waals surface area contributed by atoms with Crippen LogP contribution in [0.25, 0.3) is 5.69 Å². The number of benzene rings is 1. The molecule has 1 saturated heterocycles. The third kappa shape index (κ3) is 3.99. The maximum absolute atomic E-state index is 14.1. The summed E-state index contributed by atoms with van der Waals surface area (Å²) in [6, 6.07) is 6.67. The Hall–Kier alpha value is -1.99. The number of para-hydroxylation sites is 1. The lowest BCUT2D eigenvalue weighted by molar-refractivity contribution is 0.0685. The number of rotatable bonds is 4. The van der Waals surface area contributed by atoms with Crippen molar-refractivity contribution in [3.63, 3.8) is 0 Å². The normalized spacial score (nSPS) is 17.2. The standard InChI is InChI=1S/C17H22FN5O.ClH/c1-3-15-20-16(17(24)22-10-6-7-12(11-22)19-2)21-23(15)14-9-5-4-8-13(14)18;/h4-5,8-9,12,19H,3,6-7,10-11H2,1-2H3;1H. The molecule has 6 nitrogen and oxygen atoms in total. The van der Waals surface area contributed by atoms with Crippen molar-refractivity contribution >= 4 is 18.3 Å². The highest BCUT2D eigenvalue weighted by Gasteiger charge is 2.27. The molecule has 0 saturated carbocycles. The predicted molar refractivity (Wildman–Crippen MR) is 95.9 cm³/mol. The first kappa shape index (κ1) is 19.3. The Bertz CT molecular complexity index is 736. The van der Waals surface area contributed by atoms with Gasteiger partial charge in [-0.1, -0.05) is 19.1 Å². The van der Waals surface area contributed by atoms with Crippen molar-refractivity contribution in [3.8, 4) is 5.69 Å². The third-order valence-electron chi connectivity index (χ3n) is 4.38. The number of halogens is 2. The lowest BCUT2D eigenvalue weighted by atomic mass is 10.1. The van der Waals surface area contributed by atoms with Crippen LogP contribution in [0.2, 0.25) is 0 Å². The van der Waals surface area contributed by atoms with Gasteiger partial charge in [0, 0.05) is 25.6 Å². The van der Waals surface area contributed by atoms with E-state index < -0.39 is 0 Å². The summed E-state index contributed by atoms with van der Waals surface area (Å²) >= 11 is 0. The van der Waals surface area contributed by atoms with E-state index in [1.807, 2.05) is 14.0 Å². The highest BCUT2D eigenvalue weighted by molar-refractivity contribution is 5.90. The fourth-order valence-electron chi connectivity index (χ4n) is 3.02. The highest BCUT2D eigenvalue weighted by atomic mass is 35.5. The molecule has 2 heterocycles. The number of aryl methyl sites for hydroxylation is 1. The van der Waals surface area contributed by atoms with Crippen LogP contribution in [0.5, 0.6) is 0 Å². The topological polar surface area (TPSA) is 63.1 Å². The van der Waals surface area contributed by atoms with Crippen molar-refractivity contribution in [2.45, 2.75) is 32.2 Å². The Morgan fingerprint density at radius 2 is 2.16 bits per heavy atom. The molecule has 1 unspecified atom stereocenters. The lowest BCUT2D eigenvalue weighted by Gasteiger charge is -2.31. The van der Waals surface area contributed by atoms with E-state index in [9.17, 15) is 9.18 Å². The first-order valence-corrected chi connectivity index (χ1v) is 8.31. The molecule has 25 heavy (non-hydrogen) atoms. The molecule has 136 valence electrons. The minimum atomic E-state index is -0.385. The molecule has 0 bridgehead atoms. The van der Waals surface area contributed by atoms with Crippen molar-refractivity contribution in [1.82, 2.24) is 25.0 Å². The number of nitrogens with zero attached hydrogens (tertiary/aromatic N) is 4. The van der Waals surface area contributed by atoms with Crippen molar-refractivity contribution in [2.75, 3.05) is 20.1 Å². The number of carbonyl (C=O) groups is 1. The van der Waals surface area contributed by atoms with Gasteiger partial charge >= 0.3 is 0 Å². The average Bonchev–Trinajstić information content (AvgIpc) is 3.05. The van der Waals surface area contributed by atoms with Crippen molar-refractivity contribution in [1.29, 1.82) is 0 Å². The van der Waals surface area contributed by atoms with Crippen LogP contribution in [-0.4, -0.2) is 51.8 Å². The molecule has 1 aliphatic rings. The van der Waals surface area contributed by atoms with Crippen LogP contribution in [-0.2, 0) is 6.42 Å². The highest BCUT2D eigenvalue weighted by Crippen LogP contribution is 2.17. The zero-order valence-corrected chi connectivity index (χ0v) is 15.2. The van der Waals surface area contributed by atoms with Gasteiger partial charge in [-0.05, 0) is 32.0 Å². The zero-order chi connectivity index (χ0) is 17.1. The van der Waals surface area contributed by atoms with Gasteiger partial charge in [-0.25, -0.2) is 14.1 Å². The number of aromatic nitrogens is 3. The van der Waals surface area contributed by atoms with Gasteiger partial charge in [0.25, 0.3) is 5.91 Å². The molecule has 1 fully saturated rings. The third-order valence-corrected chi connectivity index (χ3v) is 4.38. The number of carbonyl (C=O) groups excluding carboxylic acids is 1. The largest absolute Gasteiger partial charge is 0.334 e. The van der Waals surface area contributed by atoms with E-state index in [0.717, 1.165) is 12.8 Å². The average molecular weight is 368 g/mol. The molecule has 0 spiro atoms. The SMILES string of the molecule is CCc1nc(C(=O)N2CCCC(NC)C2)nn1-c1ccccc1F.Cl. The van der Waals surface area contributed by atoms with Gasteiger partial charge in [-0.2, -0.15) is 0 Å². The van der Waals surface area contributed by atoms with Gasteiger partial charge in [-0.15, -0.1) is 17.5 Å². The summed E-state index contributed by atoms with van der Waals surface area (Å²) in [5.74, 6) is 0.126. The first-order valence-electron chi connectivity index (χ1n) is 8.31. The second-order valence-corrected chi connectivity index (χ2v) is 5.95. The second-order valence-electron chi connectivity index (χ2n) is 5.95. The molecule has 1 amide bonds. The fraction of sp³-hybridized carbons (Fsp3) is 0.471. The molecule has 8 heteroatoms. The number of likely N-dealkylation sites (tertiary alicyclic amines) is 1. The number of piperidine rings is 1. The van der Waals surface area contributed by atoms with Crippen LogP contribution >= 0.6 is 12.4 Å². The summed E-state index contributed by atoms with van der Waals surface area (Å²) in [6.07, 6.45) is 2.57. The van der Waals surface area contributed by atoms with Crippen LogP contribution < -0.4 is 5.32 Å². The van der Waals surface area contributed by atoms with E-state index in [-0.39, 0.29) is 30.0 Å². The fourth-order valence-corrected chi connectivity index (χ4v) is 3.02. The Labute approximate surface area is 152 Å². The monoisotopic (exact) mass is 367 g/mol. The molecule has 1 aliphatic heterocycles. The van der Waals surface area contributed by atoms with E-state index in [4.69, 9.17) is 0 Å². The maximum Gasteiger partial charge on any atom is 0.293 e. The first-order chi connectivity index (χ1) is 11.6. The van der Waals surface area contributed by atoms with Crippen LogP contribution in [0.1, 0.15) is 36.2 Å². The van der Waals surface area contributed by atoms with Gasteiger partial charge < -0.3 is 10.2 Å². The molecular weight excluding hydrogens is 345 g/mol. The molecule has 1 N–H and O–H groups in total. The summed E-state index contributed by atoms with van der Waals surface area (Å²) in [5, 5.41) is 7.50. The molecule has 0 radical (unpaired) electrons. The molecular formula is C17H23ClFN5O. The Morgan fingerprint density at radius 1 is 1.40 bits per heavy atom. The zero-order valence-electron chi connectivity index (χ0n) is 14.4. The van der Waals surface area contributed by atoms with E-state index >= 15 is 0 Å². The minimum absolute atomic E-state index is 0.